The first-order valence-corrected chi connectivity index (χ1v) is 30.1. The molecule has 3 aliphatic rings. The number of rotatable bonds is 6. The molecule has 3 aliphatic heterocycles. The molecule has 7 rings (SSSR count). The number of halogens is 1. The normalized spacial score (nSPS) is 32.8. The molecule has 10 atom stereocenters. The number of imidazole rings is 1. The van der Waals surface area contributed by atoms with Gasteiger partial charge in [-0.1, -0.05) is 66.0 Å². The van der Waals surface area contributed by atoms with Crippen molar-refractivity contribution in [2.24, 2.45) is 0 Å². The van der Waals surface area contributed by atoms with Gasteiger partial charge in [0.15, 0.2) is 52.0 Å². The van der Waals surface area contributed by atoms with Crippen molar-refractivity contribution in [3.05, 3.63) is 41.3 Å². The number of anilines is 1. The van der Waals surface area contributed by atoms with Crippen LogP contribution in [0.3, 0.4) is 0 Å². The predicted octanol–water partition coefficient (Wildman–Crippen LogP) is 6.75. The fraction of sp³-hybridized carbons (Fsp3) is 0.667. The highest BCUT2D eigenvalue weighted by Crippen LogP contribution is 2.61. The Kier molecular flexibility index (Phi) is 11.9. The lowest BCUT2D eigenvalue weighted by molar-refractivity contribution is -0.0571. The molecule has 19 nitrogen and oxygen atoms in total. The summed E-state index contributed by atoms with van der Waals surface area (Å²) < 4.78 is 98.9. The molecule has 4 aromatic rings. The Balaban J connectivity index is 1.31. The van der Waals surface area contributed by atoms with Crippen LogP contribution in [0.5, 0.6) is 0 Å². The molecular weight excluding hydrogens is 886 g/mol. The number of hydrogen-bond donors (Lipinski definition) is 4. The zero-order valence-electron chi connectivity index (χ0n) is 34.3. The average molecular weight is 937 g/mol. The number of ether oxygens (including phenoxy) is 2. The van der Waals surface area contributed by atoms with Crippen molar-refractivity contribution in [1.82, 2.24) is 34.1 Å². The molecule has 3 fully saturated rings. The van der Waals surface area contributed by atoms with Gasteiger partial charge in [-0.25, -0.2) is 33.5 Å². The van der Waals surface area contributed by atoms with Crippen molar-refractivity contribution in [1.29, 1.82) is 0 Å². The van der Waals surface area contributed by atoms with E-state index >= 15 is 4.39 Å². The van der Waals surface area contributed by atoms with Crippen LogP contribution >= 0.6 is 38.1 Å². The van der Waals surface area contributed by atoms with E-state index in [1.807, 2.05) is 47.0 Å². The molecule has 4 aromatic heterocycles. The van der Waals surface area contributed by atoms with Gasteiger partial charge in [-0.05, 0) is 36.3 Å². The monoisotopic (exact) mass is 936 g/mol. The summed E-state index contributed by atoms with van der Waals surface area (Å²) in [4.78, 5) is 32.1. The van der Waals surface area contributed by atoms with Crippen LogP contribution in [0, 0.1) is 5.82 Å². The van der Waals surface area contributed by atoms with E-state index in [0.717, 1.165) is 12.5 Å². The van der Waals surface area contributed by atoms with Crippen LogP contribution in [0.2, 0.25) is 36.3 Å². The topological polar surface area (TPSA) is 228 Å². The second kappa shape index (κ2) is 15.6. The number of fused-ring (bicyclic) bond motifs is 5. The van der Waals surface area contributed by atoms with Crippen molar-refractivity contribution >= 4 is 82.7 Å². The molecule has 3 N–H and O–H groups in total. The van der Waals surface area contributed by atoms with Crippen molar-refractivity contribution in [2.75, 3.05) is 18.9 Å². The number of aromatic amines is 1. The standard InChI is InChI=1S/C33H51FN8O11P2S2Si2/c1-32(2,3)58(7,8)52-23-19-13-47-54(44,56)50-22-18(12-46-55(45,57)51-24(23)30(49-19)41-11-17(34)20-27(41)37-15-39-29(20)43)48-31(25(22)53-59(9,10)33(4,5)6)42-16-40-21-26(35)36-14-38-28(21)42/h11,14-16,18-19,22-25,30-31H,12-13H2,1-10H3,(H,44,56)(H,45,57)(H2,35,36,38)(H,37,39,43)/t18-,19?,22-,23?,24-,25?,30-,31-,54?,55?/m1/s1. The summed E-state index contributed by atoms with van der Waals surface area (Å²) in [5.74, 6) is -0.749. The van der Waals surface area contributed by atoms with E-state index in [-0.39, 0.29) is 26.9 Å². The molecule has 5 unspecified atom stereocenters. The Labute approximate surface area is 352 Å². The quantitative estimate of drug-likeness (QED) is 0.0890. The molecule has 0 amide bonds. The first-order chi connectivity index (χ1) is 27.2. The Bertz CT molecular complexity index is 2390. The molecule has 7 heterocycles. The molecule has 0 saturated carbocycles. The highest BCUT2D eigenvalue weighted by Gasteiger charge is 2.57. The third-order valence-electron chi connectivity index (χ3n) is 11.9. The minimum atomic E-state index is -4.46. The summed E-state index contributed by atoms with van der Waals surface area (Å²) in [5, 5.41) is -0.993. The molecular formula is C33H51FN8O11P2S2Si2. The number of nitrogens with one attached hydrogen (secondary N) is 1. The molecule has 0 aliphatic carbocycles. The first-order valence-electron chi connectivity index (χ1n) is 18.8. The Morgan fingerprint density at radius 1 is 0.831 bits per heavy atom. The van der Waals surface area contributed by atoms with Crippen LogP contribution < -0.4 is 11.3 Å². The van der Waals surface area contributed by atoms with Gasteiger partial charge in [-0.15, -0.1) is 0 Å². The third kappa shape index (κ3) is 8.69. The second-order valence-corrected chi connectivity index (χ2v) is 33.1. The minimum absolute atomic E-state index is 0.0863. The summed E-state index contributed by atoms with van der Waals surface area (Å²) >= 11 is 8.86. The summed E-state index contributed by atoms with van der Waals surface area (Å²) in [5.41, 5.74) is 5.95. The predicted molar refractivity (Wildman–Crippen MR) is 227 cm³/mol. The molecule has 2 bridgehead atoms. The lowest BCUT2D eigenvalue weighted by atomic mass is 10.1. The van der Waals surface area contributed by atoms with Crippen LogP contribution in [0.4, 0.5) is 10.2 Å². The number of H-pyrrole nitrogens is 1. The number of nitrogens with zero attached hydrogens (tertiary/aromatic N) is 6. The van der Waals surface area contributed by atoms with Gasteiger partial charge in [0.05, 0.1) is 25.9 Å². The van der Waals surface area contributed by atoms with Gasteiger partial charge in [0.2, 0.25) is 0 Å². The zero-order valence-corrected chi connectivity index (χ0v) is 39.8. The highest BCUT2D eigenvalue weighted by molar-refractivity contribution is 8.44. The van der Waals surface area contributed by atoms with Crippen molar-refractivity contribution in [2.45, 2.75) is 127 Å². The van der Waals surface area contributed by atoms with Gasteiger partial charge in [0.1, 0.15) is 53.9 Å². The third-order valence-corrected chi connectivity index (χ3v) is 24.0. The molecule has 0 radical (unpaired) electrons. The summed E-state index contributed by atoms with van der Waals surface area (Å²) in [6, 6.07) is 0. The van der Waals surface area contributed by atoms with Gasteiger partial charge in [0, 0.05) is 6.20 Å². The lowest BCUT2D eigenvalue weighted by Crippen LogP contribution is -2.50. The number of thiol groups is 2. The smallest absolute Gasteiger partial charge is 0.386 e. The lowest BCUT2D eigenvalue weighted by Gasteiger charge is -2.41. The molecule has 326 valence electrons. The minimum Gasteiger partial charge on any atom is -0.408 e. The van der Waals surface area contributed by atoms with Crippen LogP contribution in [-0.2, 0) is 45.6 Å². The molecule has 0 spiro atoms. The molecule has 59 heavy (non-hydrogen) atoms. The number of hydrogen-bond acceptors (Lipinski definition) is 16. The maximum Gasteiger partial charge on any atom is 0.386 e. The van der Waals surface area contributed by atoms with E-state index in [2.05, 4.69) is 70.2 Å². The summed E-state index contributed by atoms with van der Waals surface area (Å²) in [6.45, 7) is 10.5. The highest BCUT2D eigenvalue weighted by atomic mass is 32.7. The number of nitrogens with two attached hydrogens (primary N) is 1. The first kappa shape index (κ1) is 45.0. The number of aromatic nitrogens is 7. The van der Waals surface area contributed by atoms with Gasteiger partial charge in [0.25, 0.3) is 5.56 Å². The molecule has 26 heteroatoms. The summed E-state index contributed by atoms with van der Waals surface area (Å²) in [6.07, 6.45) is -4.40. The van der Waals surface area contributed by atoms with Crippen LogP contribution in [-0.4, -0.2) is 101 Å². The molecule has 3 saturated heterocycles. The van der Waals surface area contributed by atoms with E-state index in [4.69, 9.17) is 42.2 Å². The fourth-order valence-corrected chi connectivity index (χ4v) is 12.2. The van der Waals surface area contributed by atoms with E-state index < -0.39 is 104 Å². The van der Waals surface area contributed by atoms with Crippen molar-refractivity contribution in [3.8, 4) is 0 Å². The number of nitrogen functional groups attached to an aromatic ring is 1. The SMILES string of the molecule is CC(C)(C)[Si](C)(C)OC1C2COP(=O)(S)O[C@H]3C(O[Si](C)(C)C(C)(C)C)[C@H](n4cnc5c(N)ncnc54)O[C@@H]3COP(=O)(S)O[C@H]1[C@H](n1cc(F)c3c(=O)[nH]cnc31)O2. The summed E-state index contributed by atoms with van der Waals surface area (Å²) in [7, 11) is -5.41. The van der Waals surface area contributed by atoms with Gasteiger partial charge in [-0.2, -0.15) is 0 Å². The van der Waals surface area contributed by atoms with Gasteiger partial charge >= 0.3 is 13.6 Å². The van der Waals surface area contributed by atoms with Gasteiger partial charge < -0.3 is 33.6 Å². The van der Waals surface area contributed by atoms with E-state index in [9.17, 15) is 13.9 Å². The van der Waals surface area contributed by atoms with Crippen LogP contribution in [0.1, 0.15) is 54.0 Å². The average Bonchev–Trinajstić information content (AvgIpc) is 3.85. The second-order valence-electron chi connectivity index (χ2n) is 17.9. The van der Waals surface area contributed by atoms with Crippen molar-refractivity contribution < 1.29 is 49.9 Å². The van der Waals surface area contributed by atoms with Crippen molar-refractivity contribution in [3.63, 3.8) is 0 Å². The van der Waals surface area contributed by atoms with E-state index in [1.54, 1.807) is 4.57 Å². The maximum absolute atomic E-state index is 15.4. The van der Waals surface area contributed by atoms with E-state index in [1.165, 1.54) is 17.2 Å². The fourth-order valence-electron chi connectivity index (χ4n) is 6.68. The Hall–Kier alpha value is -2.03. The van der Waals surface area contributed by atoms with Gasteiger partial charge in [-0.3, -0.25) is 27.5 Å². The molecule has 0 aromatic carbocycles. The Morgan fingerprint density at radius 2 is 1.41 bits per heavy atom. The van der Waals surface area contributed by atoms with Crippen LogP contribution in [0.25, 0.3) is 22.2 Å². The van der Waals surface area contributed by atoms with Crippen LogP contribution in [0.15, 0.2) is 30.0 Å². The maximum atomic E-state index is 15.4. The Morgan fingerprint density at radius 3 is 2.03 bits per heavy atom. The van der Waals surface area contributed by atoms with E-state index in [0.29, 0.717) is 11.2 Å². The zero-order chi connectivity index (χ0) is 43.2. The largest absolute Gasteiger partial charge is 0.408 e.